The number of carboxylic acid groups (broad SMARTS) is 1. The molecule has 1 fully saturated rings. The van der Waals surface area contributed by atoms with Crippen LogP contribution < -0.4 is 5.32 Å². The molecule has 4 heteroatoms. The molecule has 0 aromatic heterocycles. The zero-order valence-corrected chi connectivity index (χ0v) is 11.6. The topological polar surface area (TPSA) is 66.4 Å². The fraction of sp³-hybridized carbons (Fsp3) is 0.857. The molecule has 0 radical (unpaired) electrons. The van der Waals surface area contributed by atoms with Crippen molar-refractivity contribution >= 4 is 12.4 Å². The molecule has 0 aliphatic heterocycles. The molecule has 18 heavy (non-hydrogen) atoms. The second kappa shape index (κ2) is 6.21. The first-order chi connectivity index (χ1) is 8.34. The summed E-state index contributed by atoms with van der Waals surface area (Å²) >= 11 is 0. The number of amides is 1. The minimum Gasteiger partial charge on any atom is -0.481 e. The summed E-state index contributed by atoms with van der Waals surface area (Å²) in [7, 11) is 0. The Morgan fingerprint density at radius 1 is 1.33 bits per heavy atom. The van der Waals surface area contributed by atoms with E-state index in [1.807, 2.05) is 0 Å². The highest BCUT2D eigenvalue weighted by atomic mass is 16.4. The fourth-order valence-corrected chi connectivity index (χ4v) is 3.02. The molecule has 0 unspecified atom stereocenters. The molecule has 0 spiro atoms. The molecule has 0 aromatic carbocycles. The summed E-state index contributed by atoms with van der Waals surface area (Å²) in [6.07, 6.45) is 4.95. The normalized spacial score (nSPS) is 26.4. The Hall–Kier alpha value is -1.06. The van der Waals surface area contributed by atoms with Gasteiger partial charge in [0.25, 0.3) is 0 Å². The molecule has 0 aromatic rings. The highest BCUT2D eigenvalue weighted by molar-refractivity contribution is 5.68. The third kappa shape index (κ3) is 4.31. The molecule has 0 saturated heterocycles. The van der Waals surface area contributed by atoms with Crippen LogP contribution in [0.15, 0.2) is 0 Å². The molecule has 1 aliphatic carbocycles. The second-order valence-electron chi connectivity index (χ2n) is 6.47. The lowest BCUT2D eigenvalue weighted by Gasteiger charge is -2.39. The van der Waals surface area contributed by atoms with Crippen molar-refractivity contribution in [1.29, 1.82) is 0 Å². The lowest BCUT2D eigenvalue weighted by atomic mass is 9.68. The summed E-state index contributed by atoms with van der Waals surface area (Å²) in [6.45, 7) is 6.78. The van der Waals surface area contributed by atoms with Crippen LogP contribution in [-0.2, 0) is 9.59 Å². The van der Waals surface area contributed by atoms with E-state index in [9.17, 15) is 9.59 Å². The molecule has 4 nitrogen and oxygen atoms in total. The van der Waals surface area contributed by atoms with E-state index in [1.54, 1.807) is 0 Å². The summed E-state index contributed by atoms with van der Waals surface area (Å²) in [5.41, 5.74) is 0.325. The van der Waals surface area contributed by atoms with Crippen LogP contribution in [0.2, 0.25) is 0 Å². The Labute approximate surface area is 109 Å². The molecule has 1 saturated carbocycles. The number of hydrogen-bond donors (Lipinski definition) is 2. The highest BCUT2D eigenvalue weighted by Gasteiger charge is 2.33. The SMILES string of the molecule is CC(C)(C)C1CCC([C@H](CC(=O)O)NC=O)CC1. The lowest BCUT2D eigenvalue weighted by Crippen LogP contribution is -2.40. The van der Waals surface area contributed by atoms with Crippen molar-refractivity contribution in [3.05, 3.63) is 0 Å². The quantitative estimate of drug-likeness (QED) is 0.741. The number of carboxylic acids is 1. The Kier molecular flexibility index (Phi) is 5.17. The van der Waals surface area contributed by atoms with E-state index in [2.05, 4.69) is 26.1 Å². The summed E-state index contributed by atoms with van der Waals surface area (Å²) in [4.78, 5) is 21.4. The summed E-state index contributed by atoms with van der Waals surface area (Å²) < 4.78 is 0. The molecule has 1 amide bonds. The Morgan fingerprint density at radius 3 is 2.28 bits per heavy atom. The number of aliphatic carboxylic acids is 1. The van der Waals surface area contributed by atoms with Gasteiger partial charge in [-0.2, -0.15) is 0 Å². The Morgan fingerprint density at radius 2 is 1.89 bits per heavy atom. The van der Waals surface area contributed by atoms with Crippen LogP contribution in [0.5, 0.6) is 0 Å². The van der Waals surface area contributed by atoms with Gasteiger partial charge in [0.05, 0.1) is 6.42 Å². The standard InChI is InChI=1S/C14H25NO3/c1-14(2,3)11-6-4-10(5-7-11)12(15-9-16)8-13(17)18/h9-12H,4-8H2,1-3H3,(H,15,16)(H,17,18)/t10?,11?,12-/m0/s1. The third-order valence-corrected chi connectivity index (χ3v) is 4.24. The van der Waals surface area contributed by atoms with Crippen molar-refractivity contribution in [3.8, 4) is 0 Å². The highest BCUT2D eigenvalue weighted by Crippen LogP contribution is 2.40. The zero-order chi connectivity index (χ0) is 13.8. The van der Waals surface area contributed by atoms with Gasteiger partial charge < -0.3 is 10.4 Å². The molecule has 0 bridgehead atoms. The fourth-order valence-electron chi connectivity index (χ4n) is 3.02. The molecular formula is C14H25NO3. The van der Waals surface area contributed by atoms with Gasteiger partial charge in [0.1, 0.15) is 0 Å². The first kappa shape index (κ1) is 15.0. The van der Waals surface area contributed by atoms with E-state index in [0.29, 0.717) is 23.7 Å². The van der Waals surface area contributed by atoms with Gasteiger partial charge in [0.15, 0.2) is 0 Å². The lowest BCUT2D eigenvalue weighted by molar-refractivity contribution is -0.138. The molecule has 1 atom stereocenters. The van der Waals surface area contributed by atoms with Gasteiger partial charge in [-0.1, -0.05) is 20.8 Å². The van der Waals surface area contributed by atoms with Crippen LogP contribution >= 0.6 is 0 Å². The van der Waals surface area contributed by atoms with Gasteiger partial charge in [-0.3, -0.25) is 9.59 Å². The van der Waals surface area contributed by atoms with Gasteiger partial charge in [-0.15, -0.1) is 0 Å². The molecule has 104 valence electrons. The van der Waals surface area contributed by atoms with Crippen molar-refractivity contribution in [2.45, 2.75) is 58.9 Å². The average Bonchev–Trinajstić information content (AvgIpc) is 2.27. The van der Waals surface area contributed by atoms with Crippen LogP contribution in [0, 0.1) is 17.3 Å². The molecule has 1 rings (SSSR count). The maximum atomic E-state index is 10.8. The Balaban J connectivity index is 2.53. The van der Waals surface area contributed by atoms with E-state index < -0.39 is 5.97 Å². The van der Waals surface area contributed by atoms with Crippen molar-refractivity contribution in [2.75, 3.05) is 0 Å². The van der Waals surface area contributed by atoms with Gasteiger partial charge in [0, 0.05) is 6.04 Å². The van der Waals surface area contributed by atoms with Crippen molar-refractivity contribution in [2.24, 2.45) is 17.3 Å². The summed E-state index contributed by atoms with van der Waals surface area (Å²) in [6, 6.07) is -0.207. The van der Waals surface area contributed by atoms with Crippen LogP contribution in [0.1, 0.15) is 52.9 Å². The van der Waals surface area contributed by atoms with Gasteiger partial charge in [-0.05, 0) is 42.9 Å². The van der Waals surface area contributed by atoms with Crippen LogP contribution in [0.4, 0.5) is 0 Å². The van der Waals surface area contributed by atoms with Crippen molar-refractivity contribution < 1.29 is 14.7 Å². The van der Waals surface area contributed by atoms with E-state index in [1.165, 1.54) is 0 Å². The monoisotopic (exact) mass is 255 g/mol. The van der Waals surface area contributed by atoms with Gasteiger partial charge in [-0.25, -0.2) is 0 Å². The molecular weight excluding hydrogens is 230 g/mol. The number of rotatable bonds is 5. The van der Waals surface area contributed by atoms with E-state index in [-0.39, 0.29) is 12.5 Å². The third-order valence-electron chi connectivity index (χ3n) is 4.24. The van der Waals surface area contributed by atoms with Crippen molar-refractivity contribution in [1.82, 2.24) is 5.32 Å². The minimum atomic E-state index is -0.840. The van der Waals surface area contributed by atoms with Gasteiger partial charge >= 0.3 is 5.97 Å². The second-order valence-corrected chi connectivity index (χ2v) is 6.47. The molecule has 1 aliphatic rings. The average molecular weight is 255 g/mol. The van der Waals surface area contributed by atoms with E-state index in [0.717, 1.165) is 25.7 Å². The Bertz CT molecular complexity index is 288. The number of carbonyl (C=O) groups is 2. The van der Waals surface area contributed by atoms with Crippen molar-refractivity contribution in [3.63, 3.8) is 0 Å². The maximum Gasteiger partial charge on any atom is 0.305 e. The van der Waals surface area contributed by atoms with Crippen LogP contribution in [0.25, 0.3) is 0 Å². The first-order valence-electron chi connectivity index (χ1n) is 6.76. The van der Waals surface area contributed by atoms with E-state index >= 15 is 0 Å². The zero-order valence-electron chi connectivity index (χ0n) is 11.6. The minimum absolute atomic E-state index is 0.0313. The predicted octanol–water partition coefficient (Wildman–Crippen LogP) is 2.43. The summed E-state index contributed by atoms with van der Waals surface area (Å²) in [5.74, 6) is 0.174. The largest absolute Gasteiger partial charge is 0.481 e. The number of nitrogens with one attached hydrogen (secondary N) is 1. The first-order valence-corrected chi connectivity index (χ1v) is 6.76. The molecule has 0 heterocycles. The van der Waals surface area contributed by atoms with Crippen LogP contribution in [0.3, 0.4) is 0 Å². The smallest absolute Gasteiger partial charge is 0.305 e. The van der Waals surface area contributed by atoms with E-state index in [4.69, 9.17) is 5.11 Å². The number of hydrogen-bond acceptors (Lipinski definition) is 2. The predicted molar refractivity (Wildman–Crippen MR) is 70.1 cm³/mol. The summed E-state index contributed by atoms with van der Waals surface area (Å²) in [5, 5.41) is 11.5. The maximum absolute atomic E-state index is 10.8. The van der Waals surface area contributed by atoms with Gasteiger partial charge in [0.2, 0.25) is 6.41 Å². The number of carbonyl (C=O) groups excluding carboxylic acids is 1. The van der Waals surface area contributed by atoms with Crippen LogP contribution in [-0.4, -0.2) is 23.5 Å². The molecule has 2 N–H and O–H groups in total.